The fourth-order valence-corrected chi connectivity index (χ4v) is 2.82. The van der Waals surface area contributed by atoms with Crippen molar-refractivity contribution in [2.24, 2.45) is 0 Å². The lowest BCUT2D eigenvalue weighted by atomic mass is 10.2. The summed E-state index contributed by atoms with van der Waals surface area (Å²) >= 11 is 18.2. The minimum absolute atomic E-state index is 0.332. The lowest BCUT2D eigenvalue weighted by molar-refractivity contribution is 0.629. The van der Waals surface area contributed by atoms with Crippen LogP contribution < -0.4 is 0 Å². The lowest BCUT2D eigenvalue weighted by Gasteiger charge is -2.11. The number of rotatable bonds is 3. The van der Waals surface area contributed by atoms with Crippen molar-refractivity contribution in [1.82, 2.24) is 9.55 Å². The Morgan fingerprint density at radius 3 is 2.67 bits per heavy atom. The van der Waals surface area contributed by atoms with Crippen molar-refractivity contribution in [3.63, 3.8) is 0 Å². The van der Waals surface area contributed by atoms with E-state index in [1.807, 2.05) is 4.57 Å². The molecule has 3 aromatic rings. The molecule has 0 amide bonds. The normalized spacial score (nSPS) is 11.2. The smallest absolute Gasteiger partial charge is 0.125 e. The Kier molecular flexibility index (Phi) is 4.07. The molecule has 0 aliphatic heterocycles. The van der Waals surface area contributed by atoms with Gasteiger partial charge in [0, 0.05) is 23.4 Å². The first kappa shape index (κ1) is 14.6. The highest BCUT2D eigenvalue weighted by Crippen LogP contribution is 2.29. The van der Waals surface area contributed by atoms with E-state index in [0.29, 0.717) is 33.6 Å². The Morgan fingerprint density at radius 1 is 1.10 bits per heavy atom. The number of aromatic nitrogens is 2. The third kappa shape index (κ3) is 2.73. The van der Waals surface area contributed by atoms with E-state index in [9.17, 15) is 4.39 Å². The lowest BCUT2D eigenvalue weighted by Crippen LogP contribution is -2.03. The van der Waals surface area contributed by atoms with Crippen LogP contribution in [0.25, 0.3) is 16.7 Å². The van der Waals surface area contributed by atoms with Crippen LogP contribution in [0.5, 0.6) is 0 Å². The van der Waals surface area contributed by atoms with Crippen LogP contribution in [0.1, 0.15) is 5.82 Å². The number of halogens is 4. The Morgan fingerprint density at radius 2 is 1.90 bits per heavy atom. The quantitative estimate of drug-likeness (QED) is 0.594. The maximum Gasteiger partial charge on any atom is 0.125 e. The first-order valence-corrected chi connectivity index (χ1v) is 7.57. The summed E-state index contributed by atoms with van der Waals surface area (Å²) in [4.78, 5) is 4.45. The van der Waals surface area contributed by atoms with E-state index in [1.165, 1.54) is 12.1 Å². The van der Waals surface area contributed by atoms with Crippen LogP contribution in [-0.2, 0) is 6.42 Å². The molecule has 6 heteroatoms. The third-order valence-electron chi connectivity index (χ3n) is 3.15. The van der Waals surface area contributed by atoms with Crippen LogP contribution in [-0.4, -0.2) is 15.4 Å². The molecule has 0 bridgehead atoms. The molecule has 0 fully saturated rings. The van der Waals surface area contributed by atoms with Crippen LogP contribution in [0.15, 0.2) is 36.4 Å². The predicted molar refractivity (Wildman–Crippen MR) is 85.5 cm³/mol. The average Bonchev–Trinajstić information content (AvgIpc) is 2.79. The van der Waals surface area contributed by atoms with Gasteiger partial charge < -0.3 is 0 Å². The molecule has 0 unspecified atom stereocenters. The van der Waals surface area contributed by atoms with Gasteiger partial charge in [-0.2, -0.15) is 0 Å². The SMILES string of the molecule is Fc1ccc2c(c1)nc(CCCl)n2-c1cc(Cl)ccc1Cl. The van der Waals surface area contributed by atoms with Crippen molar-refractivity contribution in [2.75, 3.05) is 5.88 Å². The highest BCUT2D eigenvalue weighted by atomic mass is 35.5. The van der Waals surface area contributed by atoms with Gasteiger partial charge in [0.25, 0.3) is 0 Å². The molecule has 1 heterocycles. The summed E-state index contributed by atoms with van der Waals surface area (Å²) in [6, 6.07) is 9.65. The van der Waals surface area contributed by atoms with E-state index in [4.69, 9.17) is 34.8 Å². The van der Waals surface area contributed by atoms with Crippen molar-refractivity contribution >= 4 is 45.8 Å². The van der Waals surface area contributed by atoms with Crippen LogP contribution in [0.3, 0.4) is 0 Å². The zero-order chi connectivity index (χ0) is 15.0. The molecule has 108 valence electrons. The van der Waals surface area contributed by atoms with Gasteiger partial charge in [0.15, 0.2) is 0 Å². The zero-order valence-electron chi connectivity index (χ0n) is 10.8. The molecule has 0 spiro atoms. The maximum absolute atomic E-state index is 13.4. The summed E-state index contributed by atoms with van der Waals surface area (Å²) < 4.78 is 15.3. The molecule has 2 nitrogen and oxygen atoms in total. The number of aryl methyl sites for hydroxylation is 1. The van der Waals surface area contributed by atoms with Crippen molar-refractivity contribution in [1.29, 1.82) is 0 Å². The molecule has 21 heavy (non-hydrogen) atoms. The van der Waals surface area contributed by atoms with E-state index in [2.05, 4.69) is 4.98 Å². The van der Waals surface area contributed by atoms with Gasteiger partial charge in [-0.1, -0.05) is 23.2 Å². The second-order valence-corrected chi connectivity index (χ2v) is 5.75. The summed E-state index contributed by atoms with van der Waals surface area (Å²) in [6.45, 7) is 0. The van der Waals surface area contributed by atoms with E-state index < -0.39 is 0 Å². The van der Waals surface area contributed by atoms with E-state index in [0.717, 1.165) is 11.3 Å². The number of nitrogens with zero attached hydrogens (tertiary/aromatic N) is 2. The third-order valence-corrected chi connectivity index (χ3v) is 3.90. The highest BCUT2D eigenvalue weighted by molar-refractivity contribution is 6.34. The number of alkyl halides is 1. The average molecular weight is 344 g/mol. The molecule has 0 atom stereocenters. The number of hydrogen-bond donors (Lipinski definition) is 0. The summed E-state index contributed by atoms with van der Waals surface area (Å²) in [5, 5.41) is 1.11. The van der Waals surface area contributed by atoms with Gasteiger partial charge in [-0.3, -0.25) is 4.57 Å². The summed E-state index contributed by atoms with van der Waals surface area (Å²) in [6.07, 6.45) is 0.542. The highest BCUT2D eigenvalue weighted by Gasteiger charge is 2.15. The van der Waals surface area contributed by atoms with E-state index >= 15 is 0 Å². The topological polar surface area (TPSA) is 17.8 Å². The summed E-state index contributed by atoms with van der Waals surface area (Å²) in [5.74, 6) is 0.792. The van der Waals surface area contributed by atoms with Gasteiger partial charge in [-0.05, 0) is 30.3 Å². The van der Waals surface area contributed by atoms with E-state index in [1.54, 1.807) is 24.3 Å². The Labute approximate surface area is 136 Å². The van der Waals surface area contributed by atoms with Gasteiger partial charge in [-0.15, -0.1) is 11.6 Å². The second-order valence-electron chi connectivity index (χ2n) is 4.53. The maximum atomic E-state index is 13.4. The molecule has 0 saturated carbocycles. The molecule has 1 aromatic heterocycles. The molecule has 0 saturated heterocycles. The van der Waals surface area contributed by atoms with Crippen molar-refractivity contribution in [3.05, 3.63) is 58.1 Å². The first-order valence-electron chi connectivity index (χ1n) is 6.28. The van der Waals surface area contributed by atoms with Crippen LogP contribution >= 0.6 is 34.8 Å². The van der Waals surface area contributed by atoms with Crippen LogP contribution in [0.4, 0.5) is 4.39 Å². The van der Waals surface area contributed by atoms with Crippen molar-refractivity contribution in [2.45, 2.75) is 6.42 Å². The number of benzene rings is 2. The number of fused-ring (bicyclic) bond motifs is 1. The molecule has 2 aromatic carbocycles. The fraction of sp³-hybridized carbons (Fsp3) is 0.133. The Bertz CT molecular complexity index is 814. The van der Waals surface area contributed by atoms with E-state index in [-0.39, 0.29) is 5.82 Å². The standard InChI is InChI=1S/C15H10Cl3FN2/c16-6-5-15-20-12-8-10(19)2-4-13(12)21(15)14-7-9(17)1-3-11(14)18/h1-4,7-8H,5-6H2. The molecule has 0 radical (unpaired) electrons. The van der Waals surface area contributed by atoms with Gasteiger partial charge in [0.2, 0.25) is 0 Å². The molecule has 0 aliphatic carbocycles. The van der Waals surface area contributed by atoms with Crippen molar-refractivity contribution in [3.8, 4) is 5.69 Å². The van der Waals surface area contributed by atoms with Crippen molar-refractivity contribution < 1.29 is 4.39 Å². The van der Waals surface area contributed by atoms with Gasteiger partial charge in [-0.25, -0.2) is 9.37 Å². The van der Waals surface area contributed by atoms with Gasteiger partial charge in [0.1, 0.15) is 11.6 Å². The Balaban J connectivity index is 2.33. The largest absolute Gasteiger partial charge is 0.295 e. The van der Waals surface area contributed by atoms with Crippen LogP contribution in [0, 0.1) is 5.82 Å². The monoisotopic (exact) mass is 342 g/mol. The minimum Gasteiger partial charge on any atom is -0.295 e. The van der Waals surface area contributed by atoms with Gasteiger partial charge >= 0.3 is 0 Å². The second kappa shape index (κ2) is 5.84. The fourth-order valence-electron chi connectivity index (χ4n) is 2.28. The van der Waals surface area contributed by atoms with Crippen LogP contribution in [0.2, 0.25) is 10.0 Å². The van der Waals surface area contributed by atoms with Gasteiger partial charge in [0.05, 0.1) is 21.7 Å². The summed E-state index contributed by atoms with van der Waals surface area (Å²) in [7, 11) is 0. The number of imidazole rings is 1. The number of hydrogen-bond acceptors (Lipinski definition) is 1. The minimum atomic E-state index is -0.332. The molecule has 3 rings (SSSR count). The molecular formula is C15H10Cl3FN2. The molecule has 0 N–H and O–H groups in total. The molecule has 0 aliphatic rings. The summed E-state index contributed by atoms with van der Waals surface area (Å²) in [5.41, 5.74) is 2.03. The Hall–Kier alpha value is -1.29. The predicted octanol–water partition coefficient (Wildman–Crippen LogP) is 5.25. The zero-order valence-corrected chi connectivity index (χ0v) is 13.1. The molecular weight excluding hydrogens is 334 g/mol. The first-order chi connectivity index (χ1) is 10.1.